The average molecular weight is 386 g/mol. The van der Waals surface area contributed by atoms with Crippen LogP contribution in [0.4, 0.5) is 11.5 Å². The van der Waals surface area contributed by atoms with Crippen LogP contribution in [-0.4, -0.2) is 28.7 Å². The second kappa shape index (κ2) is 7.01. The van der Waals surface area contributed by atoms with Gasteiger partial charge >= 0.3 is 0 Å². The number of benzene rings is 2. The summed E-state index contributed by atoms with van der Waals surface area (Å²) in [7, 11) is 0. The first-order chi connectivity index (χ1) is 14.0. The van der Waals surface area contributed by atoms with E-state index in [2.05, 4.69) is 10.3 Å². The minimum atomic E-state index is -1.43. The van der Waals surface area contributed by atoms with Gasteiger partial charge in [-0.1, -0.05) is 24.3 Å². The molecule has 29 heavy (non-hydrogen) atoms. The van der Waals surface area contributed by atoms with Gasteiger partial charge in [0.1, 0.15) is 5.82 Å². The van der Waals surface area contributed by atoms with Crippen LogP contribution in [-0.2, 0) is 0 Å². The molecule has 1 aliphatic rings. The molecule has 0 atom stereocenters. The van der Waals surface area contributed by atoms with E-state index in [1.807, 2.05) is 0 Å². The van der Waals surface area contributed by atoms with Gasteiger partial charge in [-0.3, -0.25) is 14.4 Å². The maximum Gasteiger partial charge on any atom is 0.267 e. The van der Waals surface area contributed by atoms with Crippen molar-refractivity contribution in [3.63, 3.8) is 0 Å². The van der Waals surface area contributed by atoms with E-state index in [9.17, 15) is 24.3 Å². The number of rotatable bonds is 4. The lowest BCUT2D eigenvalue weighted by molar-refractivity contribution is -0.254. The molecule has 8 nitrogen and oxygen atoms in total. The van der Waals surface area contributed by atoms with Gasteiger partial charge < -0.3 is 15.2 Å². The van der Waals surface area contributed by atoms with Gasteiger partial charge in [-0.25, -0.2) is 9.88 Å². The second-order valence-electron chi connectivity index (χ2n) is 6.18. The van der Waals surface area contributed by atoms with Crippen molar-refractivity contribution in [1.29, 1.82) is 0 Å². The van der Waals surface area contributed by atoms with Gasteiger partial charge in [0.2, 0.25) is 0 Å². The number of amides is 3. The van der Waals surface area contributed by atoms with Crippen molar-refractivity contribution < 1.29 is 24.3 Å². The van der Waals surface area contributed by atoms with Crippen LogP contribution in [0.15, 0.2) is 66.9 Å². The highest BCUT2D eigenvalue weighted by atomic mass is 16.4. The summed E-state index contributed by atoms with van der Waals surface area (Å²) in [6, 6.07) is 14.7. The number of fused-ring (bicyclic) bond motifs is 1. The van der Waals surface area contributed by atoms with Crippen molar-refractivity contribution in [3.05, 3.63) is 89.1 Å². The van der Waals surface area contributed by atoms with Crippen LogP contribution in [0.2, 0.25) is 0 Å². The van der Waals surface area contributed by atoms with Crippen molar-refractivity contribution in [2.75, 3.05) is 10.2 Å². The molecule has 0 fully saturated rings. The highest BCUT2D eigenvalue weighted by molar-refractivity contribution is 6.34. The third-order valence-corrected chi connectivity index (χ3v) is 4.42. The molecule has 3 aromatic rings. The summed E-state index contributed by atoms with van der Waals surface area (Å²) in [6.45, 7) is 0. The standard InChI is InChI=1S/C21H13N3O5/c25-18(23-16-6-2-1-5-14(16)21(28)29)12-8-9-13-15(11-12)20(27)24(19(13)26)17-7-3-4-10-22-17/h1-11H,(H,23,25)(H,28,29)/p-1. The zero-order valence-corrected chi connectivity index (χ0v) is 14.8. The highest BCUT2D eigenvalue weighted by Gasteiger charge is 2.37. The van der Waals surface area contributed by atoms with Gasteiger partial charge in [0.15, 0.2) is 0 Å². The molecular formula is C21H12N3O5-. The SMILES string of the molecule is O=C(Nc1ccccc1C(=O)[O-])c1ccc2c(c1)C(=O)N(c1ccccn1)C2=O. The Labute approximate surface area is 164 Å². The molecule has 0 saturated carbocycles. The number of para-hydroxylation sites is 1. The van der Waals surface area contributed by atoms with Crippen LogP contribution in [0.3, 0.4) is 0 Å². The van der Waals surface area contributed by atoms with Crippen molar-refractivity contribution >= 4 is 35.2 Å². The Kier molecular flexibility index (Phi) is 4.36. The van der Waals surface area contributed by atoms with Gasteiger partial charge in [0, 0.05) is 17.3 Å². The Hall–Kier alpha value is -4.33. The molecule has 8 heteroatoms. The predicted molar refractivity (Wildman–Crippen MR) is 101 cm³/mol. The zero-order valence-electron chi connectivity index (χ0n) is 14.8. The summed E-state index contributed by atoms with van der Waals surface area (Å²) in [6.07, 6.45) is 1.46. The largest absolute Gasteiger partial charge is 0.545 e. The summed E-state index contributed by atoms with van der Waals surface area (Å²) in [5.74, 6) is -2.99. The molecule has 1 aliphatic heterocycles. The minimum absolute atomic E-state index is 0.0653. The van der Waals surface area contributed by atoms with Gasteiger partial charge in [-0.2, -0.15) is 0 Å². The maximum absolute atomic E-state index is 12.7. The van der Waals surface area contributed by atoms with Crippen LogP contribution in [0, 0.1) is 0 Å². The Morgan fingerprint density at radius 2 is 1.62 bits per heavy atom. The number of nitrogens with zero attached hydrogens (tertiary/aromatic N) is 2. The number of hydrogen-bond donors (Lipinski definition) is 1. The van der Waals surface area contributed by atoms with E-state index in [0.717, 1.165) is 4.90 Å². The Morgan fingerprint density at radius 1 is 0.897 bits per heavy atom. The van der Waals surface area contributed by atoms with Crippen molar-refractivity contribution in [3.8, 4) is 0 Å². The van der Waals surface area contributed by atoms with Gasteiger partial charge in [0.25, 0.3) is 17.7 Å². The first kappa shape index (κ1) is 18.1. The lowest BCUT2D eigenvalue weighted by Gasteiger charge is -2.12. The quantitative estimate of drug-likeness (QED) is 0.679. The molecule has 0 radical (unpaired) electrons. The van der Waals surface area contributed by atoms with E-state index in [1.54, 1.807) is 18.2 Å². The third-order valence-electron chi connectivity index (χ3n) is 4.42. The molecule has 0 aliphatic carbocycles. The Bertz CT molecular complexity index is 1170. The lowest BCUT2D eigenvalue weighted by Crippen LogP contribution is -2.30. The maximum atomic E-state index is 12.7. The Balaban J connectivity index is 1.65. The number of aromatic nitrogens is 1. The van der Waals surface area contributed by atoms with E-state index >= 15 is 0 Å². The first-order valence-corrected chi connectivity index (χ1v) is 8.53. The molecule has 2 heterocycles. The minimum Gasteiger partial charge on any atom is -0.545 e. The number of nitrogens with one attached hydrogen (secondary N) is 1. The summed E-state index contributed by atoms with van der Waals surface area (Å²) in [4.78, 5) is 54.1. The molecule has 2 aromatic carbocycles. The van der Waals surface area contributed by atoms with Gasteiger partial charge in [-0.15, -0.1) is 0 Å². The van der Waals surface area contributed by atoms with Crippen LogP contribution < -0.4 is 15.3 Å². The fourth-order valence-electron chi connectivity index (χ4n) is 3.04. The summed E-state index contributed by atoms with van der Waals surface area (Å²) >= 11 is 0. The van der Waals surface area contributed by atoms with Crippen LogP contribution in [0.1, 0.15) is 41.4 Å². The van der Waals surface area contributed by atoms with Crippen molar-refractivity contribution in [2.24, 2.45) is 0 Å². The van der Waals surface area contributed by atoms with E-state index in [-0.39, 0.29) is 33.8 Å². The number of hydrogen-bond acceptors (Lipinski definition) is 6. The topological polar surface area (TPSA) is 120 Å². The molecule has 4 rings (SSSR count). The number of anilines is 2. The van der Waals surface area contributed by atoms with Crippen molar-refractivity contribution in [2.45, 2.75) is 0 Å². The van der Waals surface area contributed by atoms with Crippen molar-refractivity contribution in [1.82, 2.24) is 4.98 Å². The smallest absolute Gasteiger partial charge is 0.267 e. The number of carbonyl (C=O) groups is 4. The molecule has 0 spiro atoms. The number of carbonyl (C=O) groups excluding carboxylic acids is 4. The molecule has 1 aromatic heterocycles. The molecule has 0 bridgehead atoms. The monoisotopic (exact) mass is 386 g/mol. The van der Waals surface area contributed by atoms with E-state index in [4.69, 9.17) is 0 Å². The lowest BCUT2D eigenvalue weighted by atomic mass is 10.0. The summed E-state index contributed by atoms with van der Waals surface area (Å²) in [5, 5.41) is 13.7. The third kappa shape index (κ3) is 3.12. The second-order valence-corrected chi connectivity index (χ2v) is 6.18. The van der Waals surface area contributed by atoms with Gasteiger partial charge in [-0.05, 0) is 36.4 Å². The van der Waals surface area contributed by atoms with E-state index in [0.29, 0.717) is 0 Å². The van der Waals surface area contributed by atoms with Crippen LogP contribution >= 0.6 is 0 Å². The van der Waals surface area contributed by atoms with Gasteiger partial charge in [0.05, 0.1) is 22.8 Å². The van der Waals surface area contributed by atoms with E-state index in [1.165, 1.54) is 48.7 Å². The fourth-order valence-corrected chi connectivity index (χ4v) is 3.04. The molecule has 0 saturated heterocycles. The van der Waals surface area contributed by atoms with Crippen LogP contribution in [0.25, 0.3) is 0 Å². The summed E-state index contributed by atoms with van der Waals surface area (Å²) < 4.78 is 0. The average Bonchev–Trinajstić information content (AvgIpc) is 2.98. The number of carboxylic acids is 1. The molecule has 0 unspecified atom stereocenters. The fraction of sp³-hybridized carbons (Fsp3) is 0. The van der Waals surface area contributed by atoms with Crippen LogP contribution in [0.5, 0.6) is 0 Å². The van der Waals surface area contributed by atoms with E-state index < -0.39 is 23.7 Å². The predicted octanol–water partition coefficient (Wildman–Crippen LogP) is 1.50. The molecular weight excluding hydrogens is 374 g/mol. The zero-order chi connectivity index (χ0) is 20.5. The molecule has 1 N–H and O–H groups in total. The molecule has 142 valence electrons. The normalized spacial score (nSPS) is 12.6. The Morgan fingerprint density at radius 3 is 2.34 bits per heavy atom. The molecule has 3 amide bonds. The number of aromatic carboxylic acids is 1. The number of imide groups is 1. The first-order valence-electron chi connectivity index (χ1n) is 8.53. The summed E-state index contributed by atoms with van der Waals surface area (Å²) in [5.41, 5.74) is 0.222. The number of pyridine rings is 1. The highest BCUT2D eigenvalue weighted by Crippen LogP contribution is 2.28. The number of carboxylic acid groups (broad SMARTS) is 1.